The Balaban J connectivity index is 2.75. The van der Waals surface area contributed by atoms with Crippen LogP contribution in [0.5, 0.6) is 0 Å². The lowest BCUT2D eigenvalue weighted by Gasteiger charge is -1.94. The van der Waals surface area contributed by atoms with Crippen molar-refractivity contribution in [2.75, 3.05) is 6.26 Å². The minimum atomic E-state index is 0.248. The Bertz CT molecular complexity index is 413. The van der Waals surface area contributed by atoms with Crippen molar-refractivity contribution in [2.45, 2.75) is 0 Å². The minimum Gasteiger partial charge on any atom is -0.256 e. The molecule has 0 amide bonds. The van der Waals surface area contributed by atoms with Gasteiger partial charge in [-0.05, 0) is 23.5 Å². The van der Waals surface area contributed by atoms with E-state index in [0.717, 1.165) is 11.2 Å². The van der Waals surface area contributed by atoms with E-state index in [-0.39, 0.29) is 5.28 Å². The lowest BCUT2D eigenvalue weighted by atomic mass is 10.6. The maximum absolute atomic E-state index is 5.63. The standard InChI is InChI=1S/C6H5ClN4S/c1-12-11-3-9-4-2-8-6(7)10-5(4)11/h2-3H,1H3. The third-order valence-corrected chi connectivity index (χ3v) is 2.27. The molecule has 2 rings (SSSR count). The number of rotatable bonds is 1. The Hall–Kier alpha value is -0.810. The second-order valence-electron chi connectivity index (χ2n) is 2.10. The predicted molar refractivity (Wildman–Crippen MR) is 49.2 cm³/mol. The van der Waals surface area contributed by atoms with Crippen molar-refractivity contribution in [3.05, 3.63) is 17.8 Å². The van der Waals surface area contributed by atoms with Crippen molar-refractivity contribution in [2.24, 2.45) is 0 Å². The Morgan fingerprint density at radius 1 is 1.50 bits per heavy atom. The molecular weight excluding hydrogens is 196 g/mol. The van der Waals surface area contributed by atoms with Gasteiger partial charge in [0.15, 0.2) is 5.65 Å². The van der Waals surface area contributed by atoms with Gasteiger partial charge < -0.3 is 0 Å². The first kappa shape index (κ1) is 7.82. The predicted octanol–water partition coefficient (Wildman–Crippen LogP) is 1.61. The van der Waals surface area contributed by atoms with E-state index in [2.05, 4.69) is 15.0 Å². The van der Waals surface area contributed by atoms with E-state index >= 15 is 0 Å². The maximum atomic E-state index is 5.63. The van der Waals surface area contributed by atoms with Crippen LogP contribution in [-0.2, 0) is 0 Å². The Morgan fingerprint density at radius 3 is 3.08 bits per heavy atom. The van der Waals surface area contributed by atoms with Crippen LogP contribution in [0.1, 0.15) is 0 Å². The van der Waals surface area contributed by atoms with E-state index in [4.69, 9.17) is 11.6 Å². The van der Waals surface area contributed by atoms with Crippen molar-refractivity contribution in [1.82, 2.24) is 18.9 Å². The van der Waals surface area contributed by atoms with Gasteiger partial charge in [0.2, 0.25) is 5.28 Å². The van der Waals surface area contributed by atoms with Crippen LogP contribution in [0.4, 0.5) is 0 Å². The molecule has 2 aromatic heterocycles. The summed E-state index contributed by atoms with van der Waals surface area (Å²) >= 11 is 7.15. The molecule has 2 aromatic rings. The zero-order valence-electron chi connectivity index (χ0n) is 6.23. The first-order valence-corrected chi connectivity index (χ1v) is 4.77. The third-order valence-electron chi connectivity index (χ3n) is 1.43. The van der Waals surface area contributed by atoms with Crippen molar-refractivity contribution in [3.8, 4) is 0 Å². The summed E-state index contributed by atoms with van der Waals surface area (Å²) in [5.74, 6) is 0. The maximum Gasteiger partial charge on any atom is 0.224 e. The van der Waals surface area contributed by atoms with Crippen LogP contribution in [0.25, 0.3) is 11.2 Å². The van der Waals surface area contributed by atoms with Gasteiger partial charge in [-0.1, -0.05) is 0 Å². The Labute approximate surface area is 78.1 Å². The largest absolute Gasteiger partial charge is 0.256 e. The Kier molecular flexibility index (Phi) is 1.90. The first-order valence-electron chi connectivity index (χ1n) is 3.21. The van der Waals surface area contributed by atoms with Crippen LogP contribution >= 0.6 is 23.5 Å². The van der Waals surface area contributed by atoms with Gasteiger partial charge in [-0.25, -0.2) is 9.97 Å². The fourth-order valence-corrected chi connectivity index (χ4v) is 1.48. The van der Waals surface area contributed by atoms with Crippen molar-refractivity contribution < 1.29 is 0 Å². The van der Waals surface area contributed by atoms with Gasteiger partial charge in [-0.2, -0.15) is 4.98 Å². The van der Waals surface area contributed by atoms with E-state index in [1.165, 1.54) is 11.9 Å². The molecule has 0 bridgehead atoms. The van der Waals surface area contributed by atoms with Crippen LogP contribution in [0.15, 0.2) is 12.5 Å². The number of imidazole rings is 1. The number of hydrogen-bond acceptors (Lipinski definition) is 4. The highest BCUT2D eigenvalue weighted by Gasteiger charge is 2.03. The molecule has 62 valence electrons. The highest BCUT2D eigenvalue weighted by Crippen LogP contribution is 2.14. The zero-order chi connectivity index (χ0) is 8.55. The molecule has 0 saturated heterocycles. The summed E-state index contributed by atoms with van der Waals surface area (Å²) in [4.78, 5) is 12.0. The highest BCUT2D eigenvalue weighted by atomic mass is 35.5. The number of fused-ring (bicyclic) bond motifs is 1. The smallest absolute Gasteiger partial charge is 0.224 e. The number of hydrogen-bond donors (Lipinski definition) is 0. The third kappa shape index (κ3) is 1.15. The summed E-state index contributed by atoms with van der Waals surface area (Å²) in [5, 5.41) is 0.248. The summed E-state index contributed by atoms with van der Waals surface area (Å²) in [6.45, 7) is 0. The van der Waals surface area contributed by atoms with Crippen LogP contribution < -0.4 is 0 Å². The molecule has 0 spiro atoms. The molecule has 0 aliphatic rings. The monoisotopic (exact) mass is 200 g/mol. The second kappa shape index (κ2) is 2.91. The number of nitrogens with zero attached hydrogens (tertiary/aromatic N) is 4. The van der Waals surface area contributed by atoms with Crippen molar-refractivity contribution in [3.63, 3.8) is 0 Å². The molecule has 0 aliphatic carbocycles. The lowest BCUT2D eigenvalue weighted by Crippen LogP contribution is -1.87. The van der Waals surface area contributed by atoms with Crippen LogP contribution in [0, 0.1) is 0 Å². The second-order valence-corrected chi connectivity index (χ2v) is 3.20. The molecule has 0 unspecified atom stereocenters. The quantitative estimate of drug-likeness (QED) is 0.656. The first-order chi connectivity index (χ1) is 5.81. The molecule has 0 fully saturated rings. The van der Waals surface area contributed by atoms with Gasteiger partial charge in [0.05, 0.1) is 6.20 Å². The lowest BCUT2D eigenvalue weighted by molar-refractivity contribution is 1.18. The van der Waals surface area contributed by atoms with E-state index in [1.807, 2.05) is 10.2 Å². The molecule has 2 heterocycles. The van der Waals surface area contributed by atoms with E-state index in [0.29, 0.717) is 0 Å². The van der Waals surface area contributed by atoms with Gasteiger partial charge in [0.1, 0.15) is 11.8 Å². The normalized spacial score (nSPS) is 10.8. The molecule has 0 saturated carbocycles. The summed E-state index contributed by atoms with van der Waals surface area (Å²) in [6.07, 6.45) is 5.24. The van der Waals surface area contributed by atoms with Gasteiger partial charge in [-0.3, -0.25) is 3.97 Å². The van der Waals surface area contributed by atoms with Gasteiger partial charge in [0, 0.05) is 6.26 Å². The van der Waals surface area contributed by atoms with Gasteiger partial charge >= 0.3 is 0 Å². The average molecular weight is 201 g/mol. The molecule has 6 heteroatoms. The molecule has 0 radical (unpaired) electrons. The molecule has 0 N–H and O–H groups in total. The van der Waals surface area contributed by atoms with Gasteiger partial charge in [0.25, 0.3) is 0 Å². The highest BCUT2D eigenvalue weighted by molar-refractivity contribution is 7.97. The minimum absolute atomic E-state index is 0.248. The SMILES string of the molecule is CSn1cnc2cnc(Cl)nc21. The van der Waals surface area contributed by atoms with Crippen LogP contribution in [0.2, 0.25) is 5.28 Å². The number of aromatic nitrogens is 4. The van der Waals surface area contributed by atoms with E-state index in [1.54, 1.807) is 12.5 Å². The molecule has 0 aromatic carbocycles. The van der Waals surface area contributed by atoms with E-state index in [9.17, 15) is 0 Å². The van der Waals surface area contributed by atoms with Crippen molar-refractivity contribution >= 4 is 34.7 Å². The summed E-state index contributed by atoms with van der Waals surface area (Å²) in [7, 11) is 0. The molecule has 4 nitrogen and oxygen atoms in total. The topological polar surface area (TPSA) is 43.6 Å². The number of halogens is 1. The molecule has 0 atom stereocenters. The molecule has 0 aliphatic heterocycles. The summed E-state index contributed by atoms with van der Waals surface area (Å²) in [5.41, 5.74) is 1.51. The van der Waals surface area contributed by atoms with Crippen molar-refractivity contribution in [1.29, 1.82) is 0 Å². The fourth-order valence-electron chi connectivity index (χ4n) is 0.902. The summed E-state index contributed by atoms with van der Waals surface area (Å²) < 4.78 is 1.84. The van der Waals surface area contributed by atoms with Crippen LogP contribution in [0.3, 0.4) is 0 Å². The fraction of sp³-hybridized carbons (Fsp3) is 0.167. The van der Waals surface area contributed by atoms with E-state index < -0.39 is 0 Å². The van der Waals surface area contributed by atoms with Gasteiger partial charge in [-0.15, -0.1) is 0 Å². The molecular formula is C6H5ClN4S. The average Bonchev–Trinajstić information content (AvgIpc) is 2.46. The summed E-state index contributed by atoms with van der Waals surface area (Å²) in [6, 6.07) is 0. The molecule has 12 heavy (non-hydrogen) atoms. The zero-order valence-corrected chi connectivity index (χ0v) is 7.80. The van der Waals surface area contributed by atoms with Crippen LogP contribution in [-0.4, -0.2) is 25.2 Å². The Morgan fingerprint density at radius 2 is 2.33 bits per heavy atom.